The van der Waals surface area contributed by atoms with Gasteiger partial charge in [-0.2, -0.15) is 0 Å². The second-order valence-corrected chi connectivity index (χ2v) is 9.66. The van der Waals surface area contributed by atoms with E-state index in [0.29, 0.717) is 18.6 Å². The Morgan fingerprint density at radius 1 is 1.06 bits per heavy atom. The number of esters is 3. The Kier molecular flexibility index (Phi) is 5.56. The maximum atomic E-state index is 12.0. The lowest BCUT2D eigenvalue weighted by Gasteiger charge is -2.54. The number of rotatable bonds is 3. The van der Waals surface area contributed by atoms with Gasteiger partial charge < -0.3 is 14.2 Å². The van der Waals surface area contributed by atoms with Gasteiger partial charge in [0, 0.05) is 38.5 Å². The zero-order valence-electron chi connectivity index (χ0n) is 19.1. The van der Waals surface area contributed by atoms with E-state index in [4.69, 9.17) is 20.6 Å². The Morgan fingerprint density at radius 3 is 2.44 bits per heavy atom. The van der Waals surface area contributed by atoms with Crippen molar-refractivity contribution in [1.29, 1.82) is 0 Å². The molecule has 1 aromatic carbocycles. The van der Waals surface area contributed by atoms with Crippen molar-refractivity contribution in [2.45, 2.75) is 77.4 Å². The van der Waals surface area contributed by atoms with Crippen LogP contribution in [0, 0.1) is 29.6 Å². The molecule has 0 bridgehead atoms. The van der Waals surface area contributed by atoms with Gasteiger partial charge in [-0.15, -0.1) is 6.42 Å². The molecular weight excluding hydrogens is 408 g/mol. The Morgan fingerprint density at radius 2 is 1.81 bits per heavy atom. The van der Waals surface area contributed by atoms with Crippen LogP contribution in [0.25, 0.3) is 0 Å². The molecular formula is C26H30O6. The number of fused-ring (bicyclic) bond motifs is 5. The number of carbonyl (C=O) groups is 3. The lowest BCUT2D eigenvalue weighted by atomic mass is 9.52. The van der Waals surface area contributed by atoms with Gasteiger partial charge in [0.15, 0.2) is 5.60 Å². The molecule has 6 nitrogen and oxygen atoms in total. The molecule has 32 heavy (non-hydrogen) atoms. The van der Waals surface area contributed by atoms with Gasteiger partial charge in [-0.1, -0.05) is 18.9 Å². The summed E-state index contributed by atoms with van der Waals surface area (Å²) < 4.78 is 17.0. The third-order valence-electron chi connectivity index (χ3n) is 7.95. The molecule has 6 heteroatoms. The second kappa shape index (κ2) is 7.95. The Bertz CT molecular complexity index is 1010. The largest absolute Gasteiger partial charge is 0.462 e. The third-order valence-corrected chi connectivity index (χ3v) is 7.95. The van der Waals surface area contributed by atoms with Gasteiger partial charge in [0.05, 0.1) is 0 Å². The van der Waals surface area contributed by atoms with E-state index in [0.717, 1.165) is 24.8 Å². The van der Waals surface area contributed by atoms with Gasteiger partial charge in [0.2, 0.25) is 0 Å². The van der Waals surface area contributed by atoms with Crippen LogP contribution >= 0.6 is 0 Å². The summed E-state index contributed by atoms with van der Waals surface area (Å²) in [5.41, 5.74) is 0.930. The van der Waals surface area contributed by atoms with Crippen molar-refractivity contribution in [3.8, 4) is 18.1 Å². The fourth-order valence-electron chi connectivity index (χ4n) is 6.79. The minimum Gasteiger partial charge on any atom is -0.462 e. The lowest BCUT2D eigenvalue weighted by Crippen LogP contribution is -2.55. The van der Waals surface area contributed by atoms with Crippen molar-refractivity contribution in [2.24, 2.45) is 17.3 Å². The Hall–Kier alpha value is -2.81. The molecule has 1 aromatic rings. The van der Waals surface area contributed by atoms with Gasteiger partial charge in [-0.3, -0.25) is 14.4 Å². The highest BCUT2D eigenvalue weighted by atomic mass is 16.6. The molecule has 0 amide bonds. The van der Waals surface area contributed by atoms with Crippen LogP contribution < -0.4 is 4.74 Å². The molecule has 0 heterocycles. The van der Waals surface area contributed by atoms with Gasteiger partial charge in [-0.05, 0) is 60.8 Å². The fraction of sp³-hybridized carbons (Fsp3) is 0.577. The zero-order chi connectivity index (χ0) is 23.3. The van der Waals surface area contributed by atoms with E-state index < -0.39 is 5.60 Å². The maximum absolute atomic E-state index is 12.0. The minimum absolute atomic E-state index is 0.0792. The molecule has 0 spiro atoms. The van der Waals surface area contributed by atoms with Gasteiger partial charge in [-0.25, -0.2) is 0 Å². The summed E-state index contributed by atoms with van der Waals surface area (Å²) >= 11 is 0. The van der Waals surface area contributed by atoms with Crippen LogP contribution in [0.2, 0.25) is 0 Å². The quantitative estimate of drug-likeness (QED) is 0.404. The van der Waals surface area contributed by atoms with Crippen molar-refractivity contribution in [3.63, 3.8) is 0 Å². The van der Waals surface area contributed by atoms with Crippen LogP contribution in [0.15, 0.2) is 18.2 Å². The fourth-order valence-corrected chi connectivity index (χ4v) is 6.79. The van der Waals surface area contributed by atoms with E-state index in [1.54, 1.807) is 0 Å². The first-order valence-electron chi connectivity index (χ1n) is 11.3. The number of benzene rings is 1. The highest BCUT2D eigenvalue weighted by Crippen LogP contribution is 2.65. The van der Waals surface area contributed by atoms with E-state index in [1.807, 2.05) is 18.2 Å². The van der Waals surface area contributed by atoms with Crippen molar-refractivity contribution in [1.82, 2.24) is 0 Å². The summed E-state index contributed by atoms with van der Waals surface area (Å²) in [6.45, 7) is 6.34. The molecule has 3 aliphatic carbocycles. The molecule has 0 aliphatic heterocycles. The molecule has 0 radical (unpaired) electrons. The summed E-state index contributed by atoms with van der Waals surface area (Å²) in [5, 5.41) is 0. The lowest BCUT2D eigenvalue weighted by molar-refractivity contribution is -0.170. The highest BCUT2D eigenvalue weighted by Gasteiger charge is 2.65. The van der Waals surface area contributed by atoms with E-state index in [2.05, 4.69) is 12.8 Å². The zero-order valence-corrected chi connectivity index (χ0v) is 19.1. The third kappa shape index (κ3) is 3.48. The van der Waals surface area contributed by atoms with Gasteiger partial charge in [0.1, 0.15) is 11.9 Å². The average molecular weight is 439 g/mol. The summed E-state index contributed by atoms with van der Waals surface area (Å²) in [7, 11) is 0. The van der Waals surface area contributed by atoms with Gasteiger partial charge in [0.25, 0.3) is 0 Å². The number of carbonyl (C=O) groups excluding carboxylic acids is 3. The average Bonchev–Trinajstić information content (AvgIpc) is 2.99. The van der Waals surface area contributed by atoms with Crippen LogP contribution in [0.3, 0.4) is 0 Å². The molecule has 0 aromatic heterocycles. The number of terminal acetylenes is 1. The molecule has 6 atom stereocenters. The first-order valence-corrected chi connectivity index (χ1v) is 11.3. The summed E-state index contributed by atoms with van der Waals surface area (Å²) in [6, 6.07) is 5.75. The smallest absolute Gasteiger partial charge is 0.308 e. The normalized spacial score (nSPS) is 34.8. The molecule has 2 fully saturated rings. The van der Waals surface area contributed by atoms with E-state index in [9.17, 15) is 14.4 Å². The minimum atomic E-state index is -0.936. The van der Waals surface area contributed by atoms with Gasteiger partial charge >= 0.3 is 17.9 Å². The molecule has 0 N–H and O–H groups in total. The van der Waals surface area contributed by atoms with Crippen molar-refractivity contribution < 1.29 is 28.6 Å². The second-order valence-electron chi connectivity index (χ2n) is 9.66. The van der Waals surface area contributed by atoms with Crippen LogP contribution in [-0.4, -0.2) is 29.6 Å². The standard InChI is InChI=1S/C26H30O6/c1-6-26(32-17(4)29)12-10-22-24-21(9-11-25(22,26)5)20-8-7-19(30-15(2)27)13-18(20)14-23(24)31-16(3)28/h1,7-8,13,21-24H,9-12,14H2,2-5H3/t21-,22+,23+,24-,25+,26+/m1/s1. The van der Waals surface area contributed by atoms with Crippen molar-refractivity contribution in [2.75, 3.05) is 0 Å². The Balaban J connectivity index is 1.75. The van der Waals surface area contributed by atoms with Crippen LogP contribution in [0.5, 0.6) is 5.75 Å². The molecule has 170 valence electrons. The molecule has 4 rings (SSSR count). The first kappa shape index (κ1) is 22.4. The SMILES string of the molecule is C#C[C@]1(OC(C)=O)CC[C@H]2[C@@H]3[C@@H](OC(C)=O)Cc4cc(OC(C)=O)ccc4[C@H]3CC[C@@]21C. The monoisotopic (exact) mass is 438 g/mol. The number of hydrogen-bond acceptors (Lipinski definition) is 6. The predicted octanol–water partition coefficient (Wildman–Crippen LogP) is 3.94. The summed E-state index contributed by atoms with van der Waals surface area (Å²) in [6.07, 6.45) is 9.29. The van der Waals surface area contributed by atoms with Crippen molar-refractivity contribution >= 4 is 17.9 Å². The first-order chi connectivity index (χ1) is 15.1. The number of ether oxygens (including phenoxy) is 3. The highest BCUT2D eigenvalue weighted by molar-refractivity contribution is 5.69. The maximum Gasteiger partial charge on any atom is 0.308 e. The van der Waals surface area contributed by atoms with E-state index in [1.165, 1.54) is 26.3 Å². The van der Waals surface area contributed by atoms with E-state index in [-0.39, 0.29) is 47.2 Å². The van der Waals surface area contributed by atoms with Crippen LogP contribution in [0.1, 0.15) is 70.4 Å². The summed E-state index contributed by atoms with van der Waals surface area (Å²) in [5.74, 6) is 2.72. The number of hydrogen-bond donors (Lipinski definition) is 0. The Labute approximate surface area is 189 Å². The summed E-state index contributed by atoms with van der Waals surface area (Å²) in [4.78, 5) is 35.3. The molecule has 0 saturated heterocycles. The van der Waals surface area contributed by atoms with E-state index >= 15 is 0 Å². The van der Waals surface area contributed by atoms with Crippen LogP contribution in [0.4, 0.5) is 0 Å². The predicted molar refractivity (Wildman–Crippen MR) is 117 cm³/mol. The molecule has 0 unspecified atom stereocenters. The topological polar surface area (TPSA) is 78.9 Å². The van der Waals surface area contributed by atoms with Crippen molar-refractivity contribution in [3.05, 3.63) is 29.3 Å². The molecule has 2 saturated carbocycles. The van der Waals surface area contributed by atoms with Crippen LogP contribution in [-0.2, 0) is 30.3 Å². The molecule has 3 aliphatic rings.